The zero-order chi connectivity index (χ0) is 21.3. The summed E-state index contributed by atoms with van der Waals surface area (Å²) in [6, 6.07) is 0. The van der Waals surface area contributed by atoms with Gasteiger partial charge in [-0.2, -0.15) is 11.8 Å². The number of carbonyl (C=O) groups excluding carboxylic acids is 1. The quantitative estimate of drug-likeness (QED) is 0.141. The van der Waals surface area contributed by atoms with Gasteiger partial charge in [-0.05, 0) is 30.9 Å². The van der Waals surface area contributed by atoms with Crippen molar-refractivity contribution >= 4 is 55.0 Å². The van der Waals surface area contributed by atoms with E-state index < -0.39 is 13.3 Å². The van der Waals surface area contributed by atoms with Gasteiger partial charge in [-0.25, -0.2) is 0 Å². The lowest BCUT2D eigenvalue weighted by atomic mass is 10.2. The molecule has 2 atom stereocenters. The van der Waals surface area contributed by atoms with Crippen molar-refractivity contribution in [1.82, 2.24) is 5.32 Å². The normalized spacial score (nSPS) is 15.7. The molecule has 2 N–H and O–H groups in total. The third-order valence-corrected chi connectivity index (χ3v) is 6.49. The maximum atomic E-state index is 11.4. The molecule has 0 saturated heterocycles. The second-order valence-corrected chi connectivity index (χ2v) is 13.8. The van der Waals surface area contributed by atoms with Gasteiger partial charge in [0.05, 0.1) is 33.0 Å². The Morgan fingerprint density at radius 3 is 2.32 bits per heavy atom. The molecule has 168 valence electrons. The summed E-state index contributed by atoms with van der Waals surface area (Å²) in [5, 5.41) is 2.89. The molecule has 0 aromatic rings. The van der Waals surface area contributed by atoms with Gasteiger partial charge in [0.2, 0.25) is 5.91 Å². The van der Waals surface area contributed by atoms with Crippen molar-refractivity contribution in [2.45, 2.75) is 32.1 Å². The minimum absolute atomic E-state index is 0.0966. The van der Waals surface area contributed by atoms with Crippen molar-refractivity contribution in [1.29, 1.82) is 0 Å². The molecule has 0 spiro atoms. The van der Waals surface area contributed by atoms with Crippen molar-refractivity contribution in [3.63, 3.8) is 0 Å². The molecule has 0 fully saturated rings. The van der Waals surface area contributed by atoms with E-state index in [9.17, 15) is 14.3 Å². The lowest BCUT2D eigenvalue weighted by Gasteiger charge is -2.16. The molecule has 1 amide bonds. The van der Waals surface area contributed by atoms with Gasteiger partial charge in [-0.3, -0.25) is 9.36 Å². The molecule has 0 radical (unpaired) electrons. The van der Waals surface area contributed by atoms with E-state index in [1.807, 2.05) is 6.26 Å². The first-order chi connectivity index (χ1) is 13.2. The van der Waals surface area contributed by atoms with Crippen molar-refractivity contribution in [3.8, 4) is 0 Å². The molecule has 0 bridgehead atoms. The fourth-order valence-corrected chi connectivity index (χ4v) is 4.12. The highest BCUT2D eigenvalue weighted by Crippen LogP contribution is 2.47. The van der Waals surface area contributed by atoms with E-state index in [2.05, 4.69) is 17.6 Å². The van der Waals surface area contributed by atoms with E-state index in [-0.39, 0.29) is 32.3 Å². The van der Waals surface area contributed by atoms with Crippen LogP contribution in [0.25, 0.3) is 0 Å². The molecule has 0 saturated carbocycles. The summed E-state index contributed by atoms with van der Waals surface area (Å²) in [4.78, 5) is 21.3. The first-order valence-corrected chi connectivity index (χ1v) is 16.3. The Bertz CT molecular complexity index is 508. The lowest BCUT2D eigenvalue weighted by molar-refractivity contribution is -0.120. The Hall–Kier alpha value is 0.850. The molecule has 2 unspecified atom stereocenters. The van der Waals surface area contributed by atoms with Gasteiger partial charge in [-0.1, -0.05) is 25.1 Å². The fourth-order valence-electron chi connectivity index (χ4n) is 1.89. The number of nitrogens with one attached hydrogen (secondary N) is 1. The number of amides is 1. The third kappa shape index (κ3) is 21.6. The number of hydrogen-bond donors (Lipinski definition) is 3. The molecule has 0 aliphatic carbocycles. The first-order valence-electron chi connectivity index (χ1n) is 9.06. The van der Waals surface area contributed by atoms with E-state index in [1.165, 1.54) is 6.66 Å². The number of thiol groups is 1. The number of ether oxygens (including phenoxy) is 1. The van der Waals surface area contributed by atoms with Crippen LogP contribution in [0.1, 0.15) is 32.1 Å². The minimum atomic E-state index is -3.25. The molecule has 28 heavy (non-hydrogen) atoms. The fraction of sp³-hybridized carbons (Fsp3) is 0.933. The second-order valence-electron chi connectivity index (χ2n) is 5.89. The molecule has 0 aromatic carbocycles. The molecule has 0 heterocycles. The minimum Gasteiger partial charge on any atom is -0.377 e. The van der Waals surface area contributed by atoms with Crippen LogP contribution in [0.3, 0.4) is 0 Å². The van der Waals surface area contributed by atoms with Crippen molar-refractivity contribution < 1.29 is 32.6 Å². The largest absolute Gasteiger partial charge is 0.377 e. The van der Waals surface area contributed by atoms with Gasteiger partial charge in [0.15, 0.2) is 0 Å². The smallest absolute Gasteiger partial charge is 0.324 e. The first kappa shape index (κ1) is 28.9. The summed E-state index contributed by atoms with van der Waals surface area (Å²) >= 11 is 10.4. The van der Waals surface area contributed by atoms with Gasteiger partial charge < -0.3 is 28.5 Å². The maximum Gasteiger partial charge on any atom is 0.324 e. The number of thioether (sulfide) groups is 1. The van der Waals surface area contributed by atoms with Gasteiger partial charge in [0.25, 0.3) is 6.57 Å². The van der Waals surface area contributed by atoms with Crippen LogP contribution in [-0.4, -0.2) is 69.1 Å². The topological polar surface area (TPSA) is 103 Å². The van der Waals surface area contributed by atoms with Gasteiger partial charge in [0.1, 0.15) is 0 Å². The second kappa shape index (κ2) is 17.5. The molecular formula is C15H33NO7P2S3. The SMILES string of the molecule is CSCCC(=O)NCCCCCCOP(O)(=S)OCCOCCOP(C)(=O)S. The number of unbranched alkanes of at least 4 members (excludes halogenated alkanes) is 3. The average Bonchev–Trinajstić information content (AvgIpc) is 2.60. The highest BCUT2D eigenvalue weighted by atomic mass is 32.7. The zero-order valence-corrected chi connectivity index (χ0v) is 20.9. The molecule has 8 nitrogen and oxygen atoms in total. The Morgan fingerprint density at radius 2 is 1.68 bits per heavy atom. The van der Waals surface area contributed by atoms with E-state index in [0.717, 1.165) is 31.4 Å². The van der Waals surface area contributed by atoms with E-state index >= 15 is 0 Å². The van der Waals surface area contributed by atoms with Crippen LogP contribution >= 0.6 is 37.3 Å². The summed E-state index contributed by atoms with van der Waals surface area (Å²) in [5.74, 6) is 0.941. The summed E-state index contributed by atoms with van der Waals surface area (Å²) in [6.45, 7) is -2.88. The summed E-state index contributed by atoms with van der Waals surface area (Å²) in [7, 11) is 0. The lowest BCUT2D eigenvalue weighted by Crippen LogP contribution is -2.24. The third-order valence-electron chi connectivity index (χ3n) is 3.22. The highest BCUT2D eigenvalue weighted by molar-refractivity contribution is 8.46. The van der Waals surface area contributed by atoms with Crippen LogP contribution in [0, 0.1) is 0 Å². The standard InChI is InChI=1S/C15H33NO7P2S3/c1-24(18,26)21-12-10-20-11-13-23-25(19,27)22-9-6-4-3-5-8-16-15(17)7-14-28-2/h3-14H2,1-2H3,(H,16,17)(H,18,26)(H,19,27). The summed E-state index contributed by atoms with van der Waals surface area (Å²) < 4.78 is 31.7. The Kier molecular flexibility index (Phi) is 18.1. The van der Waals surface area contributed by atoms with Crippen molar-refractivity contribution in [2.75, 3.05) is 58.3 Å². The number of rotatable bonds is 19. The average molecular weight is 498 g/mol. The predicted molar refractivity (Wildman–Crippen MR) is 122 cm³/mol. The van der Waals surface area contributed by atoms with Crippen LogP contribution < -0.4 is 5.32 Å². The zero-order valence-electron chi connectivity index (χ0n) is 16.5. The van der Waals surface area contributed by atoms with Gasteiger partial charge in [-0.15, -0.1) is 0 Å². The highest BCUT2D eigenvalue weighted by Gasteiger charge is 2.14. The van der Waals surface area contributed by atoms with Gasteiger partial charge in [0, 0.05) is 25.4 Å². The Balaban J connectivity index is 3.49. The van der Waals surface area contributed by atoms with Crippen LogP contribution in [0.2, 0.25) is 0 Å². The molecule has 13 heteroatoms. The van der Waals surface area contributed by atoms with E-state index in [0.29, 0.717) is 19.6 Å². The van der Waals surface area contributed by atoms with Crippen molar-refractivity contribution in [2.24, 2.45) is 0 Å². The summed E-state index contributed by atoms with van der Waals surface area (Å²) in [5.41, 5.74) is 0. The molecule has 0 aliphatic rings. The van der Waals surface area contributed by atoms with Crippen LogP contribution in [0.5, 0.6) is 0 Å². The Labute approximate surface area is 183 Å². The predicted octanol–water partition coefficient (Wildman–Crippen LogP) is 3.45. The maximum absolute atomic E-state index is 11.4. The van der Waals surface area contributed by atoms with Crippen LogP contribution in [0.15, 0.2) is 0 Å². The van der Waals surface area contributed by atoms with E-state index in [4.69, 9.17) is 30.1 Å². The molecule has 0 aromatic heterocycles. The number of carbonyl (C=O) groups is 1. The monoisotopic (exact) mass is 497 g/mol. The molecular weight excluding hydrogens is 464 g/mol. The van der Waals surface area contributed by atoms with Crippen molar-refractivity contribution in [3.05, 3.63) is 0 Å². The number of hydrogen-bond acceptors (Lipinski definition) is 8. The molecule has 0 aliphatic heterocycles. The van der Waals surface area contributed by atoms with Gasteiger partial charge >= 0.3 is 6.72 Å². The summed E-state index contributed by atoms with van der Waals surface area (Å²) in [6.07, 6.45) is 6.10. The van der Waals surface area contributed by atoms with E-state index in [1.54, 1.807) is 11.8 Å². The van der Waals surface area contributed by atoms with Crippen LogP contribution in [0.4, 0.5) is 0 Å². The molecule has 0 rings (SSSR count). The van der Waals surface area contributed by atoms with Crippen LogP contribution in [-0.2, 0) is 39.5 Å². The Morgan fingerprint density at radius 1 is 1.07 bits per heavy atom.